The fraction of sp³-hybridized carbons (Fsp3) is 0.407. The van der Waals surface area contributed by atoms with Crippen LogP contribution in [-0.2, 0) is 13.0 Å². The first kappa shape index (κ1) is 22.5. The molecule has 3 N–H and O–H groups in total. The van der Waals surface area contributed by atoms with Gasteiger partial charge in [0.1, 0.15) is 0 Å². The Bertz CT molecular complexity index is 1270. The Hall–Kier alpha value is -3.32. The lowest BCUT2D eigenvalue weighted by Gasteiger charge is -2.37. The van der Waals surface area contributed by atoms with Crippen LogP contribution in [0.5, 0.6) is 0 Å². The molecule has 3 aromatic rings. The molecular weight excluding hydrogens is 426 g/mol. The topological polar surface area (TPSA) is 80.5 Å². The van der Waals surface area contributed by atoms with Crippen LogP contribution < -0.4 is 21.1 Å². The molecule has 34 heavy (non-hydrogen) atoms. The summed E-state index contributed by atoms with van der Waals surface area (Å²) in [6.45, 7) is 10.3. The number of carbonyl (C=O) groups excluding carboxylic acids is 1. The Balaban J connectivity index is 1.25. The predicted octanol–water partition coefficient (Wildman–Crippen LogP) is 3.27. The Labute approximate surface area is 200 Å². The highest BCUT2D eigenvalue weighted by Gasteiger charge is 2.20. The van der Waals surface area contributed by atoms with Crippen LogP contribution in [0.15, 0.2) is 41.2 Å². The second kappa shape index (κ2) is 9.50. The number of pyridine rings is 1. The zero-order valence-corrected chi connectivity index (χ0v) is 20.0. The molecule has 5 rings (SSSR count). The molecule has 0 bridgehead atoms. The van der Waals surface area contributed by atoms with Gasteiger partial charge in [0, 0.05) is 68.0 Å². The number of amides is 1. The average Bonchev–Trinajstić information content (AvgIpc) is 2.85. The fourth-order valence-electron chi connectivity index (χ4n) is 5.22. The maximum Gasteiger partial charge on any atom is 0.253 e. The van der Waals surface area contributed by atoms with E-state index in [-0.39, 0.29) is 11.5 Å². The standard InChI is InChI=1S/C27H33N5O2/c1-3-28-26(33)20-7-9-24(18(2)15-20)32-13-11-31(12-14-32)17-19-6-8-21-23(16-19)30-27(34)22-5-4-10-29-25(21)22/h6-9,15-16,29H,3-5,10-14,17H2,1-2H3,(H,28,33)(H,30,34). The van der Waals surface area contributed by atoms with Gasteiger partial charge >= 0.3 is 0 Å². The van der Waals surface area contributed by atoms with Crippen molar-refractivity contribution in [2.24, 2.45) is 0 Å². The average molecular weight is 460 g/mol. The Morgan fingerprint density at radius 1 is 1.09 bits per heavy atom. The van der Waals surface area contributed by atoms with Crippen LogP contribution in [0.1, 0.15) is 40.4 Å². The molecule has 2 aromatic carbocycles. The third-order valence-corrected chi connectivity index (χ3v) is 7.00. The van der Waals surface area contributed by atoms with Gasteiger partial charge in [-0.3, -0.25) is 14.5 Å². The quantitative estimate of drug-likeness (QED) is 0.546. The van der Waals surface area contributed by atoms with Crippen LogP contribution in [-0.4, -0.2) is 55.1 Å². The van der Waals surface area contributed by atoms with E-state index in [1.807, 2.05) is 19.1 Å². The van der Waals surface area contributed by atoms with Crippen molar-refractivity contribution in [3.63, 3.8) is 0 Å². The van der Waals surface area contributed by atoms with E-state index in [0.717, 1.165) is 79.8 Å². The van der Waals surface area contributed by atoms with Crippen molar-refractivity contribution in [1.82, 2.24) is 15.2 Å². The smallest absolute Gasteiger partial charge is 0.253 e. The molecule has 2 aliphatic heterocycles. The van der Waals surface area contributed by atoms with Gasteiger partial charge in [-0.15, -0.1) is 0 Å². The molecule has 0 atom stereocenters. The lowest BCUT2D eigenvalue weighted by Crippen LogP contribution is -2.46. The first-order valence-corrected chi connectivity index (χ1v) is 12.3. The normalized spacial score (nSPS) is 16.2. The molecule has 0 unspecified atom stereocenters. The van der Waals surface area contributed by atoms with Gasteiger partial charge in [0.05, 0.1) is 11.2 Å². The first-order chi connectivity index (χ1) is 16.5. The Morgan fingerprint density at radius 3 is 2.68 bits per heavy atom. The van der Waals surface area contributed by atoms with E-state index in [9.17, 15) is 9.59 Å². The van der Waals surface area contributed by atoms with Gasteiger partial charge in [0.15, 0.2) is 0 Å². The fourth-order valence-corrected chi connectivity index (χ4v) is 5.22. The summed E-state index contributed by atoms with van der Waals surface area (Å²) < 4.78 is 0. The molecule has 0 radical (unpaired) electrons. The zero-order valence-electron chi connectivity index (χ0n) is 20.0. The van der Waals surface area contributed by atoms with Crippen LogP contribution in [0.25, 0.3) is 10.9 Å². The first-order valence-electron chi connectivity index (χ1n) is 12.3. The van der Waals surface area contributed by atoms with Crippen molar-refractivity contribution in [2.75, 3.05) is 49.5 Å². The highest BCUT2D eigenvalue weighted by atomic mass is 16.1. The highest BCUT2D eigenvalue weighted by Crippen LogP contribution is 2.28. The number of aromatic amines is 1. The van der Waals surface area contributed by atoms with E-state index in [0.29, 0.717) is 12.1 Å². The Kier molecular flexibility index (Phi) is 6.28. The van der Waals surface area contributed by atoms with Gasteiger partial charge in [0.25, 0.3) is 11.5 Å². The monoisotopic (exact) mass is 459 g/mol. The summed E-state index contributed by atoms with van der Waals surface area (Å²) >= 11 is 0. The summed E-state index contributed by atoms with van der Waals surface area (Å²) in [6.07, 6.45) is 1.84. The van der Waals surface area contributed by atoms with Crippen LogP contribution in [0, 0.1) is 6.92 Å². The summed E-state index contributed by atoms with van der Waals surface area (Å²) in [4.78, 5) is 32.6. The molecule has 178 valence electrons. The van der Waals surface area contributed by atoms with Crippen molar-refractivity contribution in [2.45, 2.75) is 33.2 Å². The van der Waals surface area contributed by atoms with Crippen molar-refractivity contribution in [1.29, 1.82) is 0 Å². The van der Waals surface area contributed by atoms with E-state index in [1.54, 1.807) is 0 Å². The van der Waals surface area contributed by atoms with Crippen molar-refractivity contribution in [3.8, 4) is 0 Å². The van der Waals surface area contributed by atoms with E-state index < -0.39 is 0 Å². The number of anilines is 2. The second-order valence-corrected chi connectivity index (χ2v) is 9.34. The number of hydrogen-bond acceptors (Lipinski definition) is 5. The molecule has 1 fully saturated rings. The number of carbonyl (C=O) groups is 1. The van der Waals surface area contributed by atoms with E-state index in [2.05, 4.69) is 56.6 Å². The largest absolute Gasteiger partial charge is 0.384 e. The van der Waals surface area contributed by atoms with Crippen LogP contribution in [0.4, 0.5) is 11.4 Å². The molecule has 7 nitrogen and oxygen atoms in total. The minimum absolute atomic E-state index is 0.0185. The molecule has 1 saturated heterocycles. The molecule has 0 spiro atoms. The van der Waals surface area contributed by atoms with Crippen molar-refractivity contribution < 1.29 is 4.79 Å². The molecule has 0 saturated carbocycles. The lowest BCUT2D eigenvalue weighted by atomic mass is 10.0. The molecule has 1 aromatic heterocycles. The minimum atomic E-state index is -0.0185. The van der Waals surface area contributed by atoms with Gasteiger partial charge in [-0.25, -0.2) is 0 Å². The summed E-state index contributed by atoms with van der Waals surface area (Å²) in [5.41, 5.74) is 7.12. The maximum absolute atomic E-state index is 12.5. The number of rotatable bonds is 5. The van der Waals surface area contributed by atoms with Gasteiger partial charge < -0.3 is 20.5 Å². The highest BCUT2D eigenvalue weighted by molar-refractivity contribution is 5.95. The van der Waals surface area contributed by atoms with Gasteiger partial charge in [-0.05, 0) is 62.1 Å². The zero-order chi connectivity index (χ0) is 23.7. The van der Waals surface area contributed by atoms with E-state index in [1.165, 1.54) is 11.3 Å². The number of aryl methyl sites for hydroxylation is 1. The molecule has 0 aliphatic carbocycles. The van der Waals surface area contributed by atoms with Crippen molar-refractivity contribution >= 4 is 28.2 Å². The number of fused-ring (bicyclic) bond motifs is 3. The molecule has 1 amide bonds. The third-order valence-electron chi connectivity index (χ3n) is 7.00. The summed E-state index contributed by atoms with van der Waals surface area (Å²) in [5, 5.41) is 7.40. The number of nitrogens with one attached hydrogen (secondary N) is 3. The minimum Gasteiger partial charge on any atom is -0.384 e. The number of hydrogen-bond donors (Lipinski definition) is 3. The molecule has 7 heteroatoms. The number of aromatic nitrogens is 1. The Morgan fingerprint density at radius 2 is 1.91 bits per heavy atom. The van der Waals surface area contributed by atoms with Gasteiger partial charge in [-0.1, -0.05) is 12.1 Å². The van der Waals surface area contributed by atoms with E-state index >= 15 is 0 Å². The number of H-pyrrole nitrogens is 1. The molecular formula is C27H33N5O2. The maximum atomic E-state index is 12.5. The van der Waals surface area contributed by atoms with Gasteiger partial charge in [0.2, 0.25) is 0 Å². The number of piperazine rings is 1. The molecule has 3 heterocycles. The summed E-state index contributed by atoms with van der Waals surface area (Å²) in [5.74, 6) is -0.0185. The van der Waals surface area contributed by atoms with E-state index in [4.69, 9.17) is 0 Å². The van der Waals surface area contributed by atoms with Crippen molar-refractivity contribution in [3.05, 3.63) is 69.0 Å². The SMILES string of the molecule is CCNC(=O)c1ccc(N2CCN(Cc3ccc4c5c(c(=O)[nH]c4c3)CCCN5)CC2)c(C)c1. The second-order valence-electron chi connectivity index (χ2n) is 9.34. The van der Waals surface area contributed by atoms with Crippen LogP contribution >= 0.6 is 0 Å². The summed E-state index contributed by atoms with van der Waals surface area (Å²) in [6, 6.07) is 12.4. The number of nitrogens with zero attached hydrogens (tertiary/aromatic N) is 2. The van der Waals surface area contributed by atoms with Gasteiger partial charge in [-0.2, -0.15) is 0 Å². The van der Waals surface area contributed by atoms with Crippen LogP contribution in [0.3, 0.4) is 0 Å². The number of benzene rings is 2. The predicted molar refractivity (Wildman–Crippen MR) is 138 cm³/mol. The van der Waals surface area contributed by atoms with Crippen LogP contribution in [0.2, 0.25) is 0 Å². The third kappa shape index (κ3) is 4.40. The lowest BCUT2D eigenvalue weighted by molar-refractivity contribution is 0.0955. The summed E-state index contributed by atoms with van der Waals surface area (Å²) in [7, 11) is 0. The molecule has 2 aliphatic rings.